The fraction of sp³-hybridized carbons (Fsp3) is 0.667. The highest BCUT2D eigenvalue weighted by Gasteiger charge is 2.54. The third kappa shape index (κ3) is 2.46. The molecule has 0 radical (unpaired) electrons. The second-order valence-corrected chi connectivity index (χ2v) is 6.00. The summed E-state index contributed by atoms with van der Waals surface area (Å²) < 4.78 is 5.45. The van der Waals surface area contributed by atoms with Crippen molar-refractivity contribution in [2.75, 3.05) is 0 Å². The van der Waals surface area contributed by atoms with Crippen LogP contribution in [0.3, 0.4) is 0 Å². The van der Waals surface area contributed by atoms with E-state index in [1.807, 2.05) is 6.08 Å². The van der Waals surface area contributed by atoms with Crippen LogP contribution in [0.4, 0.5) is 0 Å². The molecule has 0 saturated heterocycles. The van der Waals surface area contributed by atoms with Gasteiger partial charge in [-0.3, -0.25) is 4.79 Å². The van der Waals surface area contributed by atoms with E-state index in [2.05, 4.69) is 20.4 Å². The summed E-state index contributed by atoms with van der Waals surface area (Å²) in [6.07, 6.45) is 6.13. The first-order chi connectivity index (χ1) is 7.95. The van der Waals surface area contributed by atoms with Crippen LogP contribution in [0.5, 0.6) is 0 Å². The van der Waals surface area contributed by atoms with E-state index >= 15 is 0 Å². The summed E-state index contributed by atoms with van der Waals surface area (Å²) in [5.74, 6) is 2.02. The van der Waals surface area contributed by atoms with Crippen molar-refractivity contribution in [2.45, 2.75) is 46.5 Å². The van der Waals surface area contributed by atoms with Crippen LogP contribution in [0.25, 0.3) is 0 Å². The average molecular weight is 234 g/mol. The van der Waals surface area contributed by atoms with Crippen molar-refractivity contribution < 1.29 is 9.53 Å². The van der Waals surface area contributed by atoms with Crippen LogP contribution < -0.4 is 0 Å². The standard InChI is InChI=1S/C15H22O2/c1-5-6-7-11-9-15(3,4)13-8-12(13)14(11)17-10(2)16/h5,12-13H,1,6-9H2,2-4H3. The van der Waals surface area contributed by atoms with Gasteiger partial charge in [-0.25, -0.2) is 0 Å². The van der Waals surface area contributed by atoms with Crippen molar-refractivity contribution in [2.24, 2.45) is 17.3 Å². The number of allylic oxidation sites excluding steroid dienone is 3. The Hall–Kier alpha value is -1.05. The molecule has 2 aliphatic carbocycles. The molecule has 17 heavy (non-hydrogen) atoms. The Morgan fingerprint density at radius 1 is 1.59 bits per heavy atom. The van der Waals surface area contributed by atoms with Crippen LogP contribution in [0.2, 0.25) is 0 Å². The second-order valence-electron chi connectivity index (χ2n) is 6.00. The third-order valence-electron chi connectivity index (χ3n) is 4.05. The smallest absolute Gasteiger partial charge is 0.307 e. The maximum absolute atomic E-state index is 11.2. The molecule has 1 fully saturated rings. The van der Waals surface area contributed by atoms with E-state index in [0.717, 1.165) is 25.0 Å². The molecule has 2 nitrogen and oxygen atoms in total. The van der Waals surface area contributed by atoms with Crippen molar-refractivity contribution in [3.05, 3.63) is 24.0 Å². The second kappa shape index (κ2) is 4.32. The number of carbonyl (C=O) groups excluding carboxylic acids is 1. The maximum atomic E-state index is 11.2. The topological polar surface area (TPSA) is 26.3 Å². The number of carbonyl (C=O) groups is 1. The molecule has 0 N–H and O–H groups in total. The largest absolute Gasteiger partial charge is 0.431 e. The van der Waals surface area contributed by atoms with Gasteiger partial charge in [-0.1, -0.05) is 19.9 Å². The molecule has 2 unspecified atom stereocenters. The number of ether oxygens (including phenoxy) is 1. The molecule has 1 saturated carbocycles. The molecule has 0 bridgehead atoms. The number of fused-ring (bicyclic) bond motifs is 1. The predicted octanol–water partition coefficient (Wildman–Crippen LogP) is 3.84. The molecule has 0 aliphatic heterocycles. The first kappa shape index (κ1) is 12.4. The molecule has 2 rings (SSSR count). The molecule has 0 aromatic rings. The minimum absolute atomic E-state index is 0.179. The molecular formula is C15H22O2. The predicted molar refractivity (Wildman–Crippen MR) is 68.2 cm³/mol. The molecule has 0 amide bonds. The molecule has 0 aromatic carbocycles. The Balaban J connectivity index is 2.22. The highest BCUT2D eigenvalue weighted by atomic mass is 16.5. The lowest BCUT2D eigenvalue weighted by Crippen LogP contribution is -2.23. The summed E-state index contributed by atoms with van der Waals surface area (Å²) in [6.45, 7) is 9.92. The lowest BCUT2D eigenvalue weighted by atomic mass is 9.75. The van der Waals surface area contributed by atoms with Crippen LogP contribution in [-0.4, -0.2) is 5.97 Å². The van der Waals surface area contributed by atoms with E-state index in [4.69, 9.17) is 4.74 Å². The molecule has 2 heteroatoms. The Kier molecular flexibility index (Phi) is 3.15. The highest BCUT2D eigenvalue weighted by Crippen LogP contribution is 2.61. The lowest BCUT2D eigenvalue weighted by Gasteiger charge is -2.32. The summed E-state index contributed by atoms with van der Waals surface area (Å²) in [7, 11) is 0. The monoisotopic (exact) mass is 234 g/mol. The summed E-state index contributed by atoms with van der Waals surface area (Å²) in [5, 5.41) is 0. The molecule has 2 atom stereocenters. The van der Waals surface area contributed by atoms with Crippen LogP contribution in [0.1, 0.15) is 46.5 Å². The molecular weight excluding hydrogens is 212 g/mol. The van der Waals surface area contributed by atoms with Gasteiger partial charge < -0.3 is 4.74 Å². The van der Waals surface area contributed by atoms with E-state index in [-0.39, 0.29) is 5.97 Å². The highest BCUT2D eigenvalue weighted by molar-refractivity contribution is 5.67. The minimum Gasteiger partial charge on any atom is -0.431 e. The summed E-state index contributed by atoms with van der Waals surface area (Å²) >= 11 is 0. The Morgan fingerprint density at radius 3 is 2.88 bits per heavy atom. The first-order valence-electron chi connectivity index (χ1n) is 6.47. The Bertz CT molecular complexity index is 376. The maximum Gasteiger partial charge on any atom is 0.307 e. The van der Waals surface area contributed by atoms with E-state index in [1.165, 1.54) is 18.9 Å². The van der Waals surface area contributed by atoms with Gasteiger partial charge in [0.15, 0.2) is 0 Å². The average Bonchev–Trinajstić information content (AvgIpc) is 3.00. The van der Waals surface area contributed by atoms with Crippen molar-refractivity contribution >= 4 is 5.97 Å². The molecule has 0 heterocycles. The van der Waals surface area contributed by atoms with Crippen molar-refractivity contribution in [1.29, 1.82) is 0 Å². The molecule has 2 aliphatic rings. The number of esters is 1. The zero-order chi connectivity index (χ0) is 12.6. The van der Waals surface area contributed by atoms with E-state index < -0.39 is 0 Å². The van der Waals surface area contributed by atoms with Crippen LogP contribution >= 0.6 is 0 Å². The van der Waals surface area contributed by atoms with Crippen molar-refractivity contribution in [1.82, 2.24) is 0 Å². The number of rotatable bonds is 4. The summed E-state index contributed by atoms with van der Waals surface area (Å²) in [5.41, 5.74) is 1.70. The first-order valence-corrected chi connectivity index (χ1v) is 6.47. The fourth-order valence-corrected chi connectivity index (χ4v) is 3.17. The lowest BCUT2D eigenvalue weighted by molar-refractivity contribution is -0.137. The van der Waals surface area contributed by atoms with E-state index in [1.54, 1.807) is 0 Å². The van der Waals surface area contributed by atoms with Gasteiger partial charge >= 0.3 is 5.97 Å². The van der Waals surface area contributed by atoms with Gasteiger partial charge in [0.25, 0.3) is 0 Å². The molecule has 0 aromatic heterocycles. The normalized spacial score (nSPS) is 29.6. The third-order valence-corrected chi connectivity index (χ3v) is 4.05. The molecule has 94 valence electrons. The summed E-state index contributed by atoms with van der Waals surface area (Å²) in [4.78, 5) is 11.2. The number of hydrogen-bond acceptors (Lipinski definition) is 2. The van der Waals surface area contributed by atoms with Crippen molar-refractivity contribution in [3.63, 3.8) is 0 Å². The zero-order valence-electron chi connectivity index (χ0n) is 11.1. The Morgan fingerprint density at radius 2 is 2.29 bits per heavy atom. The van der Waals surface area contributed by atoms with E-state index in [0.29, 0.717) is 17.3 Å². The van der Waals surface area contributed by atoms with Gasteiger partial charge in [0.05, 0.1) is 0 Å². The van der Waals surface area contributed by atoms with Crippen LogP contribution in [-0.2, 0) is 9.53 Å². The summed E-state index contributed by atoms with van der Waals surface area (Å²) in [6, 6.07) is 0. The van der Waals surface area contributed by atoms with Gasteiger partial charge in [0, 0.05) is 12.8 Å². The van der Waals surface area contributed by atoms with Gasteiger partial charge in [-0.2, -0.15) is 0 Å². The fourth-order valence-electron chi connectivity index (χ4n) is 3.17. The molecule has 0 spiro atoms. The van der Waals surface area contributed by atoms with Crippen LogP contribution in [0, 0.1) is 17.3 Å². The SMILES string of the molecule is C=CCCC1=C(OC(C)=O)C2CC2C(C)(C)C1. The zero-order valence-corrected chi connectivity index (χ0v) is 11.1. The Labute approximate surface area is 104 Å². The van der Waals surface area contributed by atoms with Gasteiger partial charge in [-0.15, -0.1) is 6.58 Å². The van der Waals surface area contributed by atoms with Gasteiger partial charge in [0.1, 0.15) is 5.76 Å². The minimum atomic E-state index is -0.179. The van der Waals surface area contributed by atoms with Gasteiger partial charge in [-0.05, 0) is 42.6 Å². The number of hydrogen-bond donors (Lipinski definition) is 0. The van der Waals surface area contributed by atoms with Crippen LogP contribution in [0.15, 0.2) is 24.0 Å². The quantitative estimate of drug-likeness (QED) is 0.545. The van der Waals surface area contributed by atoms with Crippen molar-refractivity contribution in [3.8, 4) is 0 Å². The van der Waals surface area contributed by atoms with Gasteiger partial charge in [0.2, 0.25) is 0 Å². The van der Waals surface area contributed by atoms with E-state index in [9.17, 15) is 4.79 Å².